The minimum Gasteiger partial charge on any atom is -0.339 e. The Labute approximate surface area is 109 Å². The number of fused-ring (bicyclic) bond motifs is 1. The summed E-state index contributed by atoms with van der Waals surface area (Å²) in [5, 5.41) is 11.0. The zero-order chi connectivity index (χ0) is 14.0. The second-order valence-corrected chi connectivity index (χ2v) is 4.16. The fourth-order valence-corrected chi connectivity index (χ4v) is 1.85. The van der Waals surface area contributed by atoms with Crippen molar-refractivity contribution in [3.8, 4) is 6.07 Å². The van der Waals surface area contributed by atoms with Crippen molar-refractivity contribution in [1.82, 2.24) is 10.2 Å². The Bertz CT molecular complexity index is 568. The molecule has 6 heteroatoms. The van der Waals surface area contributed by atoms with Gasteiger partial charge >= 0.3 is 0 Å². The van der Waals surface area contributed by atoms with Crippen LogP contribution in [0, 0.1) is 11.3 Å². The zero-order valence-electron chi connectivity index (χ0n) is 10.2. The Morgan fingerprint density at radius 2 is 1.84 bits per heavy atom. The van der Waals surface area contributed by atoms with Crippen molar-refractivity contribution in [3.05, 3.63) is 35.4 Å². The van der Waals surface area contributed by atoms with Crippen LogP contribution in [-0.4, -0.2) is 35.2 Å². The summed E-state index contributed by atoms with van der Waals surface area (Å²) in [6.07, 6.45) is 0. The molecular weight excluding hydrogens is 246 g/mol. The lowest BCUT2D eigenvalue weighted by atomic mass is 10.1. The topological polar surface area (TPSA) is 90.3 Å². The molecule has 1 aliphatic heterocycles. The van der Waals surface area contributed by atoms with Crippen molar-refractivity contribution in [2.45, 2.75) is 13.0 Å². The molecule has 1 aromatic rings. The number of carbonyl (C=O) groups is 3. The van der Waals surface area contributed by atoms with Crippen LogP contribution in [0.2, 0.25) is 0 Å². The molecule has 1 N–H and O–H groups in total. The Hall–Kier alpha value is -2.68. The first-order chi connectivity index (χ1) is 9.04. The maximum absolute atomic E-state index is 12.0. The average Bonchev–Trinajstić information content (AvgIpc) is 2.64. The number of nitrogens with zero attached hydrogens (tertiary/aromatic N) is 2. The Balaban J connectivity index is 2.13. The summed E-state index contributed by atoms with van der Waals surface area (Å²) in [6.45, 7) is 1.14. The number of carbonyl (C=O) groups excluding carboxylic acids is 3. The minimum absolute atomic E-state index is 0.300. The molecule has 3 amide bonds. The number of hydrogen-bond acceptors (Lipinski definition) is 4. The van der Waals surface area contributed by atoms with E-state index in [0.29, 0.717) is 11.1 Å². The molecule has 0 saturated heterocycles. The smallest absolute Gasteiger partial charge is 0.262 e. The van der Waals surface area contributed by atoms with Crippen molar-refractivity contribution in [2.75, 3.05) is 6.54 Å². The maximum Gasteiger partial charge on any atom is 0.262 e. The van der Waals surface area contributed by atoms with Gasteiger partial charge in [0, 0.05) is 0 Å². The van der Waals surface area contributed by atoms with E-state index >= 15 is 0 Å². The monoisotopic (exact) mass is 257 g/mol. The van der Waals surface area contributed by atoms with Crippen LogP contribution in [0.1, 0.15) is 27.6 Å². The number of imide groups is 1. The Morgan fingerprint density at radius 1 is 1.32 bits per heavy atom. The lowest BCUT2D eigenvalue weighted by molar-refractivity contribution is -0.121. The molecule has 0 aromatic heterocycles. The van der Waals surface area contributed by atoms with E-state index in [1.807, 2.05) is 6.07 Å². The molecule has 0 aliphatic carbocycles. The maximum atomic E-state index is 12.0. The fourth-order valence-electron chi connectivity index (χ4n) is 1.85. The van der Waals surface area contributed by atoms with Gasteiger partial charge in [0.2, 0.25) is 5.91 Å². The Morgan fingerprint density at radius 3 is 2.32 bits per heavy atom. The molecule has 1 atom stereocenters. The predicted octanol–water partition coefficient (Wildman–Crippen LogP) is 0.311. The lowest BCUT2D eigenvalue weighted by Crippen LogP contribution is -2.42. The molecule has 1 aliphatic rings. The van der Waals surface area contributed by atoms with Crippen LogP contribution in [0.3, 0.4) is 0 Å². The van der Waals surface area contributed by atoms with Crippen molar-refractivity contribution in [3.63, 3.8) is 0 Å². The van der Waals surface area contributed by atoms with Crippen molar-refractivity contribution in [1.29, 1.82) is 5.26 Å². The summed E-state index contributed by atoms with van der Waals surface area (Å²) in [7, 11) is 0. The van der Waals surface area contributed by atoms with Gasteiger partial charge in [-0.15, -0.1) is 0 Å². The predicted molar refractivity (Wildman–Crippen MR) is 65.0 cm³/mol. The molecule has 1 heterocycles. The summed E-state index contributed by atoms with van der Waals surface area (Å²) >= 11 is 0. The van der Waals surface area contributed by atoms with Gasteiger partial charge in [-0.05, 0) is 19.1 Å². The van der Waals surface area contributed by atoms with Gasteiger partial charge < -0.3 is 5.32 Å². The molecule has 0 spiro atoms. The van der Waals surface area contributed by atoms with Crippen LogP contribution in [0.5, 0.6) is 0 Å². The summed E-state index contributed by atoms with van der Waals surface area (Å²) in [4.78, 5) is 36.4. The van der Waals surface area contributed by atoms with E-state index < -0.39 is 23.8 Å². The molecular formula is C13H11N3O3. The van der Waals surface area contributed by atoms with Crippen LogP contribution in [-0.2, 0) is 4.79 Å². The molecule has 19 heavy (non-hydrogen) atoms. The lowest BCUT2D eigenvalue weighted by Gasteiger charge is -2.14. The van der Waals surface area contributed by atoms with E-state index in [0.717, 1.165) is 4.90 Å². The average molecular weight is 257 g/mol. The highest BCUT2D eigenvalue weighted by molar-refractivity contribution is 6.22. The van der Waals surface area contributed by atoms with Gasteiger partial charge in [0.05, 0.1) is 17.2 Å². The highest BCUT2D eigenvalue weighted by Gasteiger charge is 2.36. The van der Waals surface area contributed by atoms with Crippen molar-refractivity contribution in [2.24, 2.45) is 0 Å². The minimum atomic E-state index is -0.664. The third-order valence-corrected chi connectivity index (χ3v) is 2.75. The first kappa shape index (κ1) is 12.8. The molecule has 2 rings (SSSR count). The highest BCUT2D eigenvalue weighted by Crippen LogP contribution is 2.21. The highest BCUT2D eigenvalue weighted by atomic mass is 16.2. The quantitative estimate of drug-likeness (QED) is 0.789. The van der Waals surface area contributed by atoms with Gasteiger partial charge in [0.1, 0.15) is 12.6 Å². The second-order valence-electron chi connectivity index (χ2n) is 4.16. The van der Waals surface area contributed by atoms with Crippen LogP contribution in [0.25, 0.3) is 0 Å². The molecule has 1 aromatic carbocycles. The fraction of sp³-hybridized carbons (Fsp3) is 0.231. The number of rotatable bonds is 3. The molecule has 0 saturated carbocycles. The number of benzene rings is 1. The van der Waals surface area contributed by atoms with Gasteiger partial charge in [-0.1, -0.05) is 12.1 Å². The van der Waals surface area contributed by atoms with Crippen LogP contribution >= 0.6 is 0 Å². The van der Waals surface area contributed by atoms with Crippen LogP contribution in [0.15, 0.2) is 24.3 Å². The third-order valence-electron chi connectivity index (χ3n) is 2.75. The van der Waals surface area contributed by atoms with Gasteiger partial charge in [-0.2, -0.15) is 5.26 Å². The Kier molecular flexibility index (Phi) is 3.29. The van der Waals surface area contributed by atoms with Crippen molar-refractivity contribution < 1.29 is 14.4 Å². The van der Waals surface area contributed by atoms with E-state index in [1.165, 1.54) is 6.92 Å². The summed E-state index contributed by atoms with van der Waals surface area (Å²) in [5.74, 6) is -1.51. The van der Waals surface area contributed by atoms with E-state index in [9.17, 15) is 14.4 Å². The molecule has 6 nitrogen and oxygen atoms in total. The largest absolute Gasteiger partial charge is 0.339 e. The van der Waals surface area contributed by atoms with E-state index in [4.69, 9.17) is 5.26 Å². The number of hydrogen-bond donors (Lipinski definition) is 1. The number of nitrogens with one attached hydrogen (secondary N) is 1. The first-order valence-electron chi connectivity index (χ1n) is 5.69. The summed E-state index contributed by atoms with van der Waals surface area (Å²) in [5.41, 5.74) is 0.599. The normalized spacial score (nSPS) is 14.8. The van der Waals surface area contributed by atoms with E-state index in [1.54, 1.807) is 24.3 Å². The number of nitriles is 1. The molecule has 0 radical (unpaired) electrons. The molecule has 1 unspecified atom stereocenters. The van der Waals surface area contributed by atoms with Crippen LogP contribution in [0.4, 0.5) is 0 Å². The van der Waals surface area contributed by atoms with Gasteiger partial charge in [-0.3, -0.25) is 19.3 Å². The van der Waals surface area contributed by atoms with E-state index in [-0.39, 0.29) is 6.54 Å². The van der Waals surface area contributed by atoms with Gasteiger partial charge in [0.15, 0.2) is 0 Å². The first-order valence-corrected chi connectivity index (χ1v) is 5.69. The van der Waals surface area contributed by atoms with Crippen molar-refractivity contribution >= 4 is 17.7 Å². The van der Waals surface area contributed by atoms with E-state index in [2.05, 4.69) is 5.32 Å². The standard InChI is InChI=1S/C13H11N3O3/c1-8(6-14)15-11(17)7-16-12(18)9-4-2-3-5-10(9)13(16)19/h2-5,8H,7H2,1H3,(H,15,17). The van der Waals surface area contributed by atoms with Gasteiger partial charge in [0.25, 0.3) is 11.8 Å². The third kappa shape index (κ3) is 2.31. The van der Waals surface area contributed by atoms with Gasteiger partial charge in [-0.25, -0.2) is 0 Å². The molecule has 0 fully saturated rings. The second kappa shape index (κ2) is 4.90. The van der Waals surface area contributed by atoms with Crippen LogP contribution < -0.4 is 5.32 Å². The summed E-state index contributed by atoms with van der Waals surface area (Å²) in [6, 6.07) is 7.59. The molecule has 0 bridgehead atoms. The number of amides is 3. The zero-order valence-corrected chi connectivity index (χ0v) is 10.2. The summed E-state index contributed by atoms with van der Waals surface area (Å²) < 4.78 is 0. The molecule has 96 valence electrons. The SMILES string of the molecule is CC(C#N)NC(=O)CN1C(=O)c2ccccc2C1=O.